The smallest absolute Gasteiger partial charge is 0.254 e. The van der Waals surface area contributed by atoms with Gasteiger partial charge in [0, 0.05) is 17.0 Å². The van der Waals surface area contributed by atoms with Crippen molar-refractivity contribution >= 4 is 38.7 Å². The number of hydrogen-bond acceptors (Lipinski definition) is 4. The number of benzene rings is 2. The summed E-state index contributed by atoms with van der Waals surface area (Å²) in [7, 11) is -3.43. The number of rotatable bonds is 8. The molecule has 4 nitrogen and oxygen atoms in total. The molecule has 29 heavy (non-hydrogen) atoms. The Bertz CT molecular complexity index is 1090. The van der Waals surface area contributed by atoms with E-state index < -0.39 is 9.84 Å². The van der Waals surface area contributed by atoms with Crippen molar-refractivity contribution < 1.29 is 13.2 Å². The molecule has 0 saturated heterocycles. The summed E-state index contributed by atoms with van der Waals surface area (Å²) in [6.45, 7) is 4.56. The van der Waals surface area contributed by atoms with Crippen molar-refractivity contribution in [2.45, 2.75) is 17.2 Å². The normalized spacial score (nSPS) is 11.2. The van der Waals surface area contributed by atoms with Crippen LogP contribution < -0.4 is 0 Å². The van der Waals surface area contributed by atoms with Crippen molar-refractivity contribution in [1.82, 2.24) is 4.90 Å². The van der Waals surface area contributed by atoms with Crippen LogP contribution in [0, 0.1) is 0 Å². The fraction of sp³-hybridized carbons (Fsp3) is 0.136. The standard InChI is InChI=1S/C22H20ClNO3S2/c1-2-14-24(15-19-12-13-21(23)28-19)22(25)18-10-8-17(9-11-18)16-29(26,27)20-6-4-3-5-7-20/h2-13H,1,14-16H2. The van der Waals surface area contributed by atoms with Gasteiger partial charge in [0.15, 0.2) is 9.84 Å². The van der Waals surface area contributed by atoms with Crippen molar-refractivity contribution in [2.75, 3.05) is 6.54 Å². The molecule has 1 amide bonds. The average molecular weight is 446 g/mol. The van der Waals surface area contributed by atoms with Gasteiger partial charge in [-0.3, -0.25) is 4.79 Å². The lowest BCUT2D eigenvalue weighted by molar-refractivity contribution is 0.0764. The van der Waals surface area contributed by atoms with E-state index in [4.69, 9.17) is 11.6 Å². The number of sulfone groups is 1. The van der Waals surface area contributed by atoms with Crippen LogP contribution in [-0.2, 0) is 22.1 Å². The maximum Gasteiger partial charge on any atom is 0.254 e. The summed E-state index contributed by atoms with van der Waals surface area (Å²) in [4.78, 5) is 15.8. The molecule has 0 N–H and O–H groups in total. The molecule has 0 spiro atoms. The molecule has 0 bridgehead atoms. The average Bonchev–Trinajstić information content (AvgIpc) is 3.13. The van der Waals surface area contributed by atoms with Crippen LogP contribution >= 0.6 is 22.9 Å². The van der Waals surface area contributed by atoms with E-state index in [-0.39, 0.29) is 16.6 Å². The molecule has 1 heterocycles. The van der Waals surface area contributed by atoms with E-state index in [1.807, 2.05) is 6.07 Å². The zero-order chi connectivity index (χ0) is 20.9. The SMILES string of the molecule is C=CCN(Cc1ccc(Cl)s1)C(=O)c1ccc(CS(=O)(=O)c2ccccc2)cc1. The van der Waals surface area contributed by atoms with Crippen molar-refractivity contribution in [1.29, 1.82) is 0 Å². The van der Waals surface area contributed by atoms with Gasteiger partial charge in [-0.2, -0.15) is 0 Å². The number of hydrogen-bond donors (Lipinski definition) is 0. The molecule has 2 aromatic carbocycles. The Morgan fingerprint density at radius 3 is 2.31 bits per heavy atom. The van der Waals surface area contributed by atoms with Gasteiger partial charge in [0.25, 0.3) is 5.91 Å². The molecule has 150 valence electrons. The van der Waals surface area contributed by atoms with Crippen molar-refractivity contribution in [3.63, 3.8) is 0 Å². The fourth-order valence-electron chi connectivity index (χ4n) is 2.86. The molecule has 0 fully saturated rings. The second-order valence-electron chi connectivity index (χ2n) is 6.45. The second-order valence-corrected chi connectivity index (χ2v) is 10.2. The summed E-state index contributed by atoms with van der Waals surface area (Å²) in [6.07, 6.45) is 1.67. The number of amides is 1. The highest BCUT2D eigenvalue weighted by Gasteiger charge is 2.18. The van der Waals surface area contributed by atoms with E-state index >= 15 is 0 Å². The van der Waals surface area contributed by atoms with Gasteiger partial charge in [-0.15, -0.1) is 17.9 Å². The highest BCUT2D eigenvalue weighted by atomic mass is 35.5. The number of carbonyl (C=O) groups is 1. The van der Waals surface area contributed by atoms with E-state index in [9.17, 15) is 13.2 Å². The summed E-state index contributed by atoms with van der Waals surface area (Å²) >= 11 is 7.41. The summed E-state index contributed by atoms with van der Waals surface area (Å²) in [5.74, 6) is -0.262. The van der Waals surface area contributed by atoms with Crippen LogP contribution in [0.1, 0.15) is 20.8 Å². The predicted octanol–water partition coefficient (Wildman–Crippen LogP) is 5.20. The topological polar surface area (TPSA) is 54.5 Å². The van der Waals surface area contributed by atoms with E-state index in [1.165, 1.54) is 11.3 Å². The Morgan fingerprint density at radius 2 is 1.72 bits per heavy atom. The first-order valence-electron chi connectivity index (χ1n) is 8.90. The molecule has 7 heteroatoms. The van der Waals surface area contributed by atoms with Gasteiger partial charge in [-0.05, 0) is 42.0 Å². The van der Waals surface area contributed by atoms with Crippen molar-refractivity contribution in [3.8, 4) is 0 Å². The van der Waals surface area contributed by atoms with Crippen molar-refractivity contribution in [2.24, 2.45) is 0 Å². The number of halogens is 1. The van der Waals surface area contributed by atoms with Gasteiger partial charge >= 0.3 is 0 Å². The molecular weight excluding hydrogens is 426 g/mol. The van der Waals surface area contributed by atoms with Gasteiger partial charge in [0.2, 0.25) is 0 Å². The van der Waals surface area contributed by atoms with Crippen LogP contribution in [0.2, 0.25) is 4.34 Å². The third kappa shape index (κ3) is 5.56. The first-order valence-corrected chi connectivity index (χ1v) is 11.7. The Kier molecular flexibility index (Phi) is 6.90. The molecule has 0 unspecified atom stereocenters. The molecule has 3 rings (SSSR count). The Balaban J connectivity index is 1.74. The molecule has 3 aromatic rings. The van der Waals surface area contributed by atoms with E-state index in [0.717, 1.165) is 4.88 Å². The minimum Gasteiger partial charge on any atom is -0.330 e. The highest BCUT2D eigenvalue weighted by molar-refractivity contribution is 7.90. The van der Waals surface area contributed by atoms with Gasteiger partial charge < -0.3 is 4.90 Å². The van der Waals surface area contributed by atoms with E-state index in [2.05, 4.69) is 6.58 Å². The fourth-order valence-corrected chi connectivity index (χ4v) is 5.33. The maximum absolute atomic E-state index is 12.9. The van der Waals surface area contributed by atoms with Crippen LogP contribution in [0.4, 0.5) is 0 Å². The lowest BCUT2D eigenvalue weighted by Gasteiger charge is -2.20. The van der Waals surface area contributed by atoms with Gasteiger partial charge in [0.05, 0.1) is 21.5 Å². The summed E-state index contributed by atoms with van der Waals surface area (Å²) in [5, 5.41) is 0. The van der Waals surface area contributed by atoms with Gasteiger partial charge in [-0.1, -0.05) is 48.0 Å². The zero-order valence-corrected chi connectivity index (χ0v) is 18.0. The number of carbonyl (C=O) groups excluding carboxylic acids is 1. The quantitative estimate of drug-likeness (QED) is 0.447. The second kappa shape index (κ2) is 9.39. The molecule has 0 aliphatic heterocycles. The minimum absolute atomic E-state index is 0.116. The Labute approximate surface area is 180 Å². The van der Waals surface area contributed by atoms with Gasteiger partial charge in [0.1, 0.15) is 0 Å². The molecule has 0 aliphatic carbocycles. The van der Waals surface area contributed by atoms with E-state index in [0.29, 0.717) is 28.6 Å². The first kappa shape index (κ1) is 21.3. The number of nitrogens with zero attached hydrogens (tertiary/aromatic N) is 1. The molecule has 0 atom stereocenters. The summed E-state index contributed by atoms with van der Waals surface area (Å²) in [6, 6.07) is 18.7. The van der Waals surface area contributed by atoms with Crippen molar-refractivity contribution in [3.05, 3.63) is 99.7 Å². The van der Waals surface area contributed by atoms with Crippen LogP contribution in [-0.4, -0.2) is 25.8 Å². The summed E-state index contributed by atoms with van der Waals surface area (Å²) < 4.78 is 25.7. The summed E-state index contributed by atoms with van der Waals surface area (Å²) in [5.41, 5.74) is 1.13. The van der Waals surface area contributed by atoms with Crippen LogP contribution in [0.5, 0.6) is 0 Å². The number of thiophene rings is 1. The minimum atomic E-state index is -3.43. The van der Waals surface area contributed by atoms with Crippen LogP contribution in [0.15, 0.2) is 84.3 Å². The maximum atomic E-state index is 12.9. The third-order valence-corrected chi connectivity index (χ3v) is 7.19. The Hall–Kier alpha value is -2.41. The van der Waals surface area contributed by atoms with Crippen LogP contribution in [0.3, 0.4) is 0 Å². The molecule has 0 aliphatic rings. The first-order chi connectivity index (χ1) is 13.9. The predicted molar refractivity (Wildman–Crippen MR) is 118 cm³/mol. The molecule has 0 saturated carbocycles. The van der Waals surface area contributed by atoms with Gasteiger partial charge in [-0.25, -0.2) is 8.42 Å². The molecule has 1 aromatic heterocycles. The lowest BCUT2D eigenvalue weighted by atomic mass is 10.1. The highest BCUT2D eigenvalue weighted by Crippen LogP contribution is 2.23. The zero-order valence-electron chi connectivity index (χ0n) is 15.6. The lowest BCUT2D eigenvalue weighted by Crippen LogP contribution is -2.30. The third-order valence-electron chi connectivity index (χ3n) is 4.27. The molecular formula is C22H20ClNO3S2. The largest absolute Gasteiger partial charge is 0.330 e. The Morgan fingerprint density at radius 1 is 1.03 bits per heavy atom. The van der Waals surface area contributed by atoms with Crippen LogP contribution in [0.25, 0.3) is 0 Å². The molecule has 0 radical (unpaired) electrons. The monoisotopic (exact) mass is 445 g/mol. The van der Waals surface area contributed by atoms with E-state index in [1.54, 1.807) is 71.6 Å².